The molecule has 1 N–H and O–H groups in total. The van der Waals surface area contributed by atoms with E-state index in [4.69, 9.17) is 0 Å². The minimum absolute atomic E-state index is 0.0838. The summed E-state index contributed by atoms with van der Waals surface area (Å²) in [6.07, 6.45) is 8.35. The minimum atomic E-state index is -3.03. The van der Waals surface area contributed by atoms with Crippen molar-refractivity contribution in [1.82, 2.24) is 9.62 Å². The molecule has 1 saturated carbocycles. The van der Waals surface area contributed by atoms with Crippen molar-refractivity contribution in [2.75, 3.05) is 13.1 Å². The summed E-state index contributed by atoms with van der Waals surface area (Å²) in [5.41, 5.74) is 0. The summed E-state index contributed by atoms with van der Waals surface area (Å²) in [6, 6.07) is 0.641. The molecule has 2 atom stereocenters. The smallest absolute Gasteiger partial charge is 0.217 e. The number of nitrogens with zero attached hydrogens (tertiary/aromatic N) is 1. The average molecular weight is 272 g/mol. The standard InChI is InChI=1S/C13H24N2O2S/c16-18(17,11-5-1-2-6-11)15-10-4-8-13(15)12-7-3-9-14-12/h11-14H,1-10H2. The molecular weight excluding hydrogens is 248 g/mol. The lowest BCUT2D eigenvalue weighted by Crippen LogP contribution is -2.48. The first-order valence-electron chi connectivity index (χ1n) is 7.43. The fourth-order valence-electron chi connectivity index (χ4n) is 3.90. The molecule has 0 radical (unpaired) electrons. The number of rotatable bonds is 3. The summed E-state index contributed by atoms with van der Waals surface area (Å²) < 4.78 is 27.3. The van der Waals surface area contributed by atoms with Crippen LogP contribution in [0.25, 0.3) is 0 Å². The van der Waals surface area contributed by atoms with E-state index in [1.54, 1.807) is 0 Å². The van der Waals surface area contributed by atoms with Crippen LogP contribution in [0.5, 0.6) is 0 Å². The van der Waals surface area contributed by atoms with Crippen LogP contribution in [0.2, 0.25) is 0 Å². The molecule has 5 heteroatoms. The van der Waals surface area contributed by atoms with Crippen LogP contribution in [0.4, 0.5) is 0 Å². The van der Waals surface area contributed by atoms with Crippen LogP contribution in [-0.4, -0.2) is 43.1 Å². The first kappa shape index (κ1) is 12.9. The molecule has 104 valence electrons. The zero-order chi connectivity index (χ0) is 12.6. The van der Waals surface area contributed by atoms with Crippen molar-refractivity contribution in [1.29, 1.82) is 0 Å². The lowest BCUT2D eigenvalue weighted by atomic mass is 10.1. The summed E-state index contributed by atoms with van der Waals surface area (Å²) >= 11 is 0. The van der Waals surface area contributed by atoms with Gasteiger partial charge in [0.2, 0.25) is 10.0 Å². The monoisotopic (exact) mass is 272 g/mol. The van der Waals surface area contributed by atoms with E-state index in [1.165, 1.54) is 6.42 Å². The Balaban J connectivity index is 1.76. The maximum absolute atomic E-state index is 12.7. The van der Waals surface area contributed by atoms with E-state index in [2.05, 4.69) is 5.32 Å². The van der Waals surface area contributed by atoms with Gasteiger partial charge in [-0.25, -0.2) is 8.42 Å². The number of nitrogens with one attached hydrogen (secondary N) is 1. The molecule has 3 fully saturated rings. The van der Waals surface area contributed by atoms with Crippen LogP contribution in [-0.2, 0) is 10.0 Å². The van der Waals surface area contributed by atoms with Crippen molar-refractivity contribution in [3.63, 3.8) is 0 Å². The largest absolute Gasteiger partial charge is 0.312 e. The van der Waals surface area contributed by atoms with Gasteiger partial charge in [-0.2, -0.15) is 4.31 Å². The minimum Gasteiger partial charge on any atom is -0.312 e. The molecule has 0 aromatic heterocycles. The zero-order valence-corrected chi connectivity index (χ0v) is 11.8. The quantitative estimate of drug-likeness (QED) is 0.846. The second kappa shape index (κ2) is 5.10. The van der Waals surface area contributed by atoms with Crippen molar-refractivity contribution in [2.24, 2.45) is 0 Å². The molecule has 0 bridgehead atoms. The van der Waals surface area contributed by atoms with Gasteiger partial charge in [-0.1, -0.05) is 12.8 Å². The second-order valence-corrected chi connectivity index (χ2v) is 8.14. The van der Waals surface area contributed by atoms with Crippen LogP contribution in [0, 0.1) is 0 Å². The van der Waals surface area contributed by atoms with E-state index in [1.807, 2.05) is 4.31 Å². The maximum atomic E-state index is 12.7. The van der Waals surface area contributed by atoms with Gasteiger partial charge in [0.15, 0.2) is 0 Å². The van der Waals surface area contributed by atoms with E-state index in [9.17, 15) is 8.42 Å². The molecule has 4 nitrogen and oxygen atoms in total. The highest BCUT2D eigenvalue weighted by Gasteiger charge is 2.43. The fraction of sp³-hybridized carbons (Fsp3) is 1.00. The van der Waals surface area contributed by atoms with Gasteiger partial charge in [0, 0.05) is 18.6 Å². The molecular formula is C13H24N2O2S. The summed E-state index contributed by atoms with van der Waals surface area (Å²) in [4.78, 5) is 0. The molecule has 18 heavy (non-hydrogen) atoms. The van der Waals surface area contributed by atoms with Crippen molar-refractivity contribution in [3.8, 4) is 0 Å². The molecule has 2 heterocycles. The zero-order valence-electron chi connectivity index (χ0n) is 11.0. The van der Waals surface area contributed by atoms with Gasteiger partial charge in [0.25, 0.3) is 0 Å². The van der Waals surface area contributed by atoms with Crippen LogP contribution in [0.3, 0.4) is 0 Å². The van der Waals surface area contributed by atoms with Gasteiger partial charge in [0.05, 0.1) is 5.25 Å². The summed E-state index contributed by atoms with van der Waals surface area (Å²) in [7, 11) is -3.03. The van der Waals surface area contributed by atoms with Crippen molar-refractivity contribution >= 4 is 10.0 Å². The molecule has 0 amide bonds. The fourth-order valence-corrected chi connectivity index (χ4v) is 6.23. The van der Waals surface area contributed by atoms with E-state index in [0.29, 0.717) is 6.04 Å². The molecule has 1 aliphatic carbocycles. The van der Waals surface area contributed by atoms with Crippen LogP contribution >= 0.6 is 0 Å². The highest BCUT2D eigenvalue weighted by atomic mass is 32.2. The predicted molar refractivity (Wildman–Crippen MR) is 71.9 cm³/mol. The summed E-state index contributed by atoms with van der Waals surface area (Å²) in [6.45, 7) is 1.81. The second-order valence-electron chi connectivity index (χ2n) is 5.97. The predicted octanol–water partition coefficient (Wildman–Crippen LogP) is 1.48. The van der Waals surface area contributed by atoms with Crippen molar-refractivity contribution < 1.29 is 8.42 Å². The Bertz CT molecular complexity index is 384. The van der Waals surface area contributed by atoms with Crippen molar-refractivity contribution in [3.05, 3.63) is 0 Å². The third kappa shape index (κ3) is 2.21. The highest BCUT2D eigenvalue weighted by molar-refractivity contribution is 7.89. The first-order chi connectivity index (χ1) is 8.69. The summed E-state index contributed by atoms with van der Waals surface area (Å²) in [5.74, 6) is 0. The Hall–Kier alpha value is -0.130. The van der Waals surface area contributed by atoms with Crippen molar-refractivity contribution in [2.45, 2.75) is 68.7 Å². The molecule has 2 unspecified atom stereocenters. The first-order valence-corrected chi connectivity index (χ1v) is 8.94. The van der Waals surface area contributed by atoms with Crippen LogP contribution < -0.4 is 5.32 Å². The van der Waals surface area contributed by atoms with E-state index >= 15 is 0 Å². The topological polar surface area (TPSA) is 49.4 Å². The van der Waals surface area contributed by atoms with Gasteiger partial charge in [-0.15, -0.1) is 0 Å². The Morgan fingerprint density at radius 1 is 0.944 bits per heavy atom. The maximum Gasteiger partial charge on any atom is 0.217 e. The Morgan fingerprint density at radius 3 is 2.39 bits per heavy atom. The Labute approximate surface area is 110 Å². The average Bonchev–Trinajstić information content (AvgIpc) is 3.11. The third-order valence-corrected chi connectivity index (χ3v) is 7.28. The van der Waals surface area contributed by atoms with Gasteiger partial charge < -0.3 is 5.32 Å². The SMILES string of the molecule is O=S(=O)(C1CCCC1)N1CCCC1C1CCCN1. The van der Waals surface area contributed by atoms with Gasteiger partial charge in [0.1, 0.15) is 0 Å². The normalized spacial score (nSPS) is 35.6. The van der Waals surface area contributed by atoms with E-state index in [-0.39, 0.29) is 11.3 Å². The summed E-state index contributed by atoms with van der Waals surface area (Å²) in [5, 5.41) is 3.40. The molecule has 2 saturated heterocycles. The van der Waals surface area contributed by atoms with E-state index in [0.717, 1.165) is 58.0 Å². The molecule has 3 rings (SSSR count). The molecule has 3 aliphatic rings. The third-order valence-electron chi connectivity index (χ3n) is 4.86. The molecule has 0 spiro atoms. The molecule has 0 aromatic carbocycles. The number of hydrogen-bond acceptors (Lipinski definition) is 3. The lowest BCUT2D eigenvalue weighted by molar-refractivity contribution is 0.318. The van der Waals surface area contributed by atoms with E-state index < -0.39 is 10.0 Å². The molecule has 0 aromatic rings. The van der Waals surface area contributed by atoms with Crippen LogP contribution in [0.1, 0.15) is 51.4 Å². The number of sulfonamides is 1. The Kier molecular flexibility index (Phi) is 3.65. The van der Waals surface area contributed by atoms with Gasteiger partial charge in [-0.3, -0.25) is 0 Å². The Morgan fingerprint density at radius 2 is 1.72 bits per heavy atom. The van der Waals surface area contributed by atoms with Gasteiger partial charge >= 0.3 is 0 Å². The molecule has 2 aliphatic heterocycles. The lowest BCUT2D eigenvalue weighted by Gasteiger charge is -2.31. The number of hydrogen-bond donors (Lipinski definition) is 1. The highest BCUT2D eigenvalue weighted by Crippen LogP contribution is 2.33. The van der Waals surface area contributed by atoms with Crippen LogP contribution in [0.15, 0.2) is 0 Å². The van der Waals surface area contributed by atoms with Gasteiger partial charge in [-0.05, 0) is 45.1 Å².